The molecule has 0 N–H and O–H groups in total. The zero-order chi connectivity index (χ0) is 13.5. The van der Waals surface area contributed by atoms with E-state index in [1.807, 2.05) is 23.1 Å². The van der Waals surface area contributed by atoms with Gasteiger partial charge in [0.2, 0.25) is 5.91 Å². The van der Waals surface area contributed by atoms with Crippen LogP contribution in [0.2, 0.25) is 0 Å². The molecule has 3 heteroatoms. The second kappa shape index (κ2) is 4.58. The Morgan fingerprint density at radius 3 is 2.67 bits per heavy atom. The lowest BCUT2D eigenvalue weighted by molar-refractivity contribution is -0.119. The third-order valence-electron chi connectivity index (χ3n) is 3.68. The molecule has 98 valence electrons. The monoisotopic (exact) mass is 265 g/mol. The van der Waals surface area contributed by atoms with E-state index in [1.165, 1.54) is 5.56 Å². The van der Waals surface area contributed by atoms with Gasteiger partial charge in [-0.25, -0.2) is 0 Å². The van der Waals surface area contributed by atoms with Crippen LogP contribution < -0.4 is 4.90 Å². The molecular formula is C15H20ClNO. The average Bonchev–Trinajstić information content (AvgIpc) is 2.27. The van der Waals surface area contributed by atoms with Gasteiger partial charge in [-0.2, -0.15) is 0 Å². The number of para-hydroxylation sites is 1. The smallest absolute Gasteiger partial charge is 0.245 e. The summed E-state index contributed by atoms with van der Waals surface area (Å²) >= 11 is 6.00. The van der Waals surface area contributed by atoms with E-state index in [-0.39, 0.29) is 11.4 Å². The zero-order valence-corrected chi connectivity index (χ0v) is 12.2. The highest BCUT2D eigenvalue weighted by molar-refractivity contribution is 6.32. The Kier molecular flexibility index (Phi) is 3.41. The van der Waals surface area contributed by atoms with Crippen LogP contribution in [0.3, 0.4) is 0 Å². The fourth-order valence-corrected chi connectivity index (χ4v) is 3.08. The molecule has 0 saturated heterocycles. The van der Waals surface area contributed by atoms with Gasteiger partial charge in [-0.1, -0.05) is 25.1 Å². The number of amides is 1. The van der Waals surface area contributed by atoms with E-state index in [2.05, 4.69) is 26.8 Å². The number of hydrogen-bond donors (Lipinski definition) is 0. The molecule has 1 heterocycles. The summed E-state index contributed by atoms with van der Waals surface area (Å²) in [6.07, 6.45) is 0.958. The maximum absolute atomic E-state index is 12.4. The SMILES string of the molecule is C[C@H](Cl)C(=O)N1c2ccccc2[C@@H](C)CC1(C)C. The molecule has 0 saturated carbocycles. The van der Waals surface area contributed by atoms with Gasteiger partial charge in [0, 0.05) is 11.2 Å². The maximum atomic E-state index is 12.4. The number of fused-ring (bicyclic) bond motifs is 1. The number of benzene rings is 1. The molecule has 1 aromatic rings. The normalized spacial score (nSPS) is 23.4. The third-order valence-corrected chi connectivity index (χ3v) is 3.87. The highest BCUT2D eigenvalue weighted by Crippen LogP contribution is 2.43. The Labute approximate surface area is 114 Å². The summed E-state index contributed by atoms with van der Waals surface area (Å²) in [4.78, 5) is 14.3. The largest absolute Gasteiger partial charge is 0.305 e. The van der Waals surface area contributed by atoms with Crippen LogP contribution in [0.4, 0.5) is 5.69 Å². The lowest BCUT2D eigenvalue weighted by Crippen LogP contribution is -2.53. The van der Waals surface area contributed by atoms with E-state index < -0.39 is 5.38 Å². The lowest BCUT2D eigenvalue weighted by atomic mass is 9.80. The van der Waals surface area contributed by atoms with Gasteiger partial charge in [-0.05, 0) is 44.7 Å². The number of nitrogens with zero attached hydrogens (tertiary/aromatic N) is 1. The molecule has 0 aliphatic carbocycles. The van der Waals surface area contributed by atoms with Crippen molar-refractivity contribution in [2.24, 2.45) is 0 Å². The fourth-order valence-electron chi connectivity index (χ4n) is 2.98. The molecule has 1 aliphatic rings. The Hall–Kier alpha value is -1.02. The Morgan fingerprint density at radius 2 is 2.06 bits per heavy atom. The van der Waals surface area contributed by atoms with Gasteiger partial charge in [-0.15, -0.1) is 11.6 Å². The van der Waals surface area contributed by atoms with Gasteiger partial charge in [0.1, 0.15) is 5.38 Å². The van der Waals surface area contributed by atoms with Crippen molar-refractivity contribution in [2.75, 3.05) is 4.90 Å². The van der Waals surface area contributed by atoms with Gasteiger partial charge < -0.3 is 4.90 Å². The summed E-state index contributed by atoms with van der Waals surface area (Å²) in [6, 6.07) is 8.13. The van der Waals surface area contributed by atoms with E-state index >= 15 is 0 Å². The number of rotatable bonds is 1. The molecule has 1 aromatic carbocycles. The first-order valence-electron chi connectivity index (χ1n) is 6.41. The number of hydrogen-bond acceptors (Lipinski definition) is 1. The molecule has 1 amide bonds. The van der Waals surface area contributed by atoms with Crippen molar-refractivity contribution < 1.29 is 4.79 Å². The zero-order valence-electron chi connectivity index (χ0n) is 11.4. The minimum atomic E-state index is -0.495. The first kappa shape index (κ1) is 13.4. The highest BCUT2D eigenvalue weighted by atomic mass is 35.5. The van der Waals surface area contributed by atoms with Crippen molar-refractivity contribution in [2.45, 2.75) is 50.9 Å². The van der Waals surface area contributed by atoms with E-state index in [0.29, 0.717) is 5.92 Å². The predicted octanol–water partition coefficient (Wildman–Crippen LogP) is 3.93. The lowest BCUT2D eigenvalue weighted by Gasteiger charge is -2.46. The highest BCUT2D eigenvalue weighted by Gasteiger charge is 2.40. The van der Waals surface area contributed by atoms with Gasteiger partial charge >= 0.3 is 0 Å². The van der Waals surface area contributed by atoms with Crippen LogP contribution in [0, 0.1) is 0 Å². The van der Waals surface area contributed by atoms with Crippen LogP contribution in [0.25, 0.3) is 0 Å². The van der Waals surface area contributed by atoms with E-state index in [0.717, 1.165) is 12.1 Å². The summed E-state index contributed by atoms with van der Waals surface area (Å²) in [5, 5.41) is -0.495. The first-order chi connectivity index (χ1) is 8.34. The second-order valence-electron chi connectivity index (χ2n) is 5.77. The van der Waals surface area contributed by atoms with Crippen molar-refractivity contribution in [3.63, 3.8) is 0 Å². The van der Waals surface area contributed by atoms with Crippen LogP contribution >= 0.6 is 11.6 Å². The summed E-state index contributed by atoms with van der Waals surface area (Å²) in [5.74, 6) is 0.451. The predicted molar refractivity (Wildman–Crippen MR) is 76.4 cm³/mol. The molecule has 0 radical (unpaired) electrons. The number of anilines is 1. The molecule has 0 spiro atoms. The van der Waals surface area contributed by atoms with Crippen molar-refractivity contribution in [1.82, 2.24) is 0 Å². The van der Waals surface area contributed by atoms with Crippen molar-refractivity contribution >= 4 is 23.2 Å². The Bertz CT molecular complexity index is 467. The number of halogens is 1. The van der Waals surface area contributed by atoms with Crippen LogP contribution in [0.1, 0.15) is 45.6 Å². The molecule has 1 aliphatic heterocycles. The molecule has 0 fully saturated rings. The van der Waals surface area contributed by atoms with E-state index in [1.54, 1.807) is 6.92 Å². The van der Waals surface area contributed by atoms with Crippen molar-refractivity contribution in [3.8, 4) is 0 Å². The molecule has 0 bridgehead atoms. The Morgan fingerprint density at radius 1 is 1.44 bits per heavy atom. The van der Waals surface area contributed by atoms with E-state index in [9.17, 15) is 4.79 Å². The minimum Gasteiger partial charge on any atom is -0.305 e. The first-order valence-corrected chi connectivity index (χ1v) is 6.85. The topological polar surface area (TPSA) is 20.3 Å². The van der Waals surface area contributed by atoms with Crippen LogP contribution in [0.15, 0.2) is 24.3 Å². The fraction of sp³-hybridized carbons (Fsp3) is 0.533. The molecule has 0 aromatic heterocycles. The van der Waals surface area contributed by atoms with Gasteiger partial charge in [0.25, 0.3) is 0 Å². The van der Waals surface area contributed by atoms with Gasteiger partial charge in [-0.3, -0.25) is 4.79 Å². The molecule has 0 unspecified atom stereocenters. The summed E-state index contributed by atoms with van der Waals surface area (Å²) < 4.78 is 0. The summed E-state index contributed by atoms with van der Waals surface area (Å²) in [6.45, 7) is 8.17. The number of carbonyl (C=O) groups excluding carboxylic acids is 1. The average molecular weight is 266 g/mol. The van der Waals surface area contributed by atoms with E-state index in [4.69, 9.17) is 11.6 Å². The van der Waals surface area contributed by atoms with Crippen LogP contribution in [-0.2, 0) is 4.79 Å². The molecular weight excluding hydrogens is 246 g/mol. The van der Waals surface area contributed by atoms with Crippen LogP contribution in [-0.4, -0.2) is 16.8 Å². The summed E-state index contributed by atoms with van der Waals surface area (Å²) in [7, 11) is 0. The van der Waals surface area contributed by atoms with Crippen LogP contribution in [0.5, 0.6) is 0 Å². The molecule has 2 nitrogen and oxygen atoms in total. The molecule has 2 rings (SSSR count). The van der Waals surface area contributed by atoms with Crippen molar-refractivity contribution in [1.29, 1.82) is 0 Å². The number of alkyl halides is 1. The molecule has 2 atom stereocenters. The standard InChI is InChI=1S/C15H20ClNO/c1-10-9-15(3,4)17(14(18)11(2)16)13-8-6-5-7-12(10)13/h5-8,10-11H,9H2,1-4H3/t10-,11-/m0/s1. The minimum absolute atomic E-state index is 0.0129. The summed E-state index contributed by atoms with van der Waals surface area (Å²) in [5.41, 5.74) is 2.06. The number of carbonyl (C=O) groups is 1. The van der Waals surface area contributed by atoms with Gasteiger partial charge in [0.05, 0.1) is 0 Å². The van der Waals surface area contributed by atoms with Crippen molar-refractivity contribution in [3.05, 3.63) is 29.8 Å². The quantitative estimate of drug-likeness (QED) is 0.705. The third kappa shape index (κ3) is 2.14. The Balaban J connectivity index is 2.55. The van der Waals surface area contributed by atoms with Gasteiger partial charge in [0.15, 0.2) is 0 Å². The second-order valence-corrected chi connectivity index (χ2v) is 6.42. The maximum Gasteiger partial charge on any atom is 0.245 e. The molecule has 18 heavy (non-hydrogen) atoms.